The van der Waals surface area contributed by atoms with Crippen molar-refractivity contribution in [2.24, 2.45) is 5.10 Å². The van der Waals surface area contributed by atoms with Crippen molar-refractivity contribution in [3.05, 3.63) is 65.5 Å². The van der Waals surface area contributed by atoms with Crippen LogP contribution in [0.5, 0.6) is 5.75 Å². The van der Waals surface area contributed by atoms with Gasteiger partial charge < -0.3 is 4.74 Å². The number of rotatable bonds is 5. The monoisotopic (exact) mass is 395 g/mol. The molecule has 152 valence electrons. The van der Waals surface area contributed by atoms with E-state index in [9.17, 15) is 9.18 Å². The van der Waals surface area contributed by atoms with Crippen molar-refractivity contribution in [1.82, 2.24) is 9.91 Å². The molecular weight excluding hydrogens is 369 g/mol. The second kappa shape index (κ2) is 8.74. The number of piperidine rings is 1. The lowest BCUT2D eigenvalue weighted by molar-refractivity contribution is -0.134. The third-order valence-corrected chi connectivity index (χ3v) is 5.63. The second-order valence-corrected chi connectivity index (χ2v) is 7.63. The molecule has 2 aromatic rings. The number of amides is 1. The Balaban J connectivity index is 1.60. The predicted molar refractivity (Wildman–Crippen MR) is 110 cm³/mol. The molecule has 2 aliphatic rings. The number of ether oxygens (including phenoxy) is 1. The molecule has 6 heteroatoms. The molecule has 2 aliphatic heterocycles. The molecule has 0 saturated carbocycles. The molecule has 1 atom stereocenters. The van der Waals surface area contributed by atoms with Crippen LogP contribution in [-0.4, -0.2) is 48.3 Å². The summed E-state index contributed by atoms with van der Waals surface area (Å²) in [4.78, 5) is 15.3. The molecule has 2 aromatic carbocycles. The number of hydrogen-bond donors (Lipinski definition) is 0. The van der Waals surface area contributed by atoms with Gasteiger partial charge in [-0.3, -0.25) is 9.69 Å². The van der Waals surface area contributed by atoms with Crippen LogP contribution in [0.2, 0.25) is 0 Å². The number of methoxy groups -OCH3 is 1. The number of hydrogen-bond acceptors (Lipinski definition) is 4. The molecular formula is C23H26FN3O2. The topological polar surface area (TPSA) is 45.1 Å². The Morgan fingerprint density at radius 3 is 2.59 bits per heavy atom. The number of benzene rings is 2. The highest BCUT2D eigenvalue weighted by Crippen LogP contribution is 2.34. The molecule has 1 saturated heterocycles. The van der Waals surface area contributed by atoms with Gasteiger partial charge in [-0.25, -0.2) is 9.40 Å². The maximum atomic E-state index is 13.7. The quantitative estimate of drug-likeness (QED) is 0.769. The zero-order valence-electron chi connectivity index (χ0n) is 16.7. The summed E-state index contributed by atoms with van der Waals surface area (Å²) in [5, 5.41) is 6.23. The molecule has 0 aromatic heterocycles. The molecule has 0 unspecified atom stereocenters. The van der Waals surface area contributed by atoms with E-state index in [-0.39, 0.29) is 17.8 Å². The molecule has 1 amide bonds. The van der Waals surface area contributed by atoms with Gasteiger partial charge in [0.1, 0.15) is 11.6 Å². The molecule has 1 fully saturated rings. The lowest BCUT2D eigenvalue weighted by Crippen LogP contribution is -2.40. The Morgan fingerprint density at radius 2 is 1.90 bits per heavy atom. The molecule has 5 nitrogen and oxygen atoms in total. The Bertz CT molecular complexity index is 891. The smallest absolute Gasteiger partial charge is 0.257 e. The summed E-state index contributed by atoms with van der Waals surface area (Å²) in [6, 6.07) is 13.9. The summed E-state index contributed by atoms with van der Waals surface area (Å²) >= 11 is 0. The molecule has 4 rings (SSSR count). The number of carbonyl (C=O) groups excluding carboxylic acids is 1. The van der Waals surface area contributed by atoms with E-state index in [2.05, 4.69) is 10.0 Å². The van der Waals surface area contributed by atoms with E-state index in [4.69, 9.17) is 4.74 Å². The summed E-state index contributed by atoms with van der Waals surface area (Å²) in [5.41, 5.74) is 2.45. The molecule has 0 N–H and O–H groups in total. The fourth-order valence-corrected chi connectivity index (χ4v) is 4.05. The second-order valence-electron chi connectivity index (χ2n) is 7.63. The normalized spacial score (nSPS) is 19.9. The molecule has 0 radical (unpaired) electrons. The fraction of sp³-hybridized carbons (Fsp3) is 0.391. The van der Waals surface area contributed by atoms with Crippen molar-refractivity contribution >= 4 is 11.6 Å². The summed E-state index contributed by atoms with van der Waals surface area (Å²) in [6.45, 7) is 2.27. The summed E-state index contributed by atoms with van der Waals surface area (Å²) in [5.74, 6) is 0.452. The minimum absolute atomic E-state index is 0.0147. The molecule has 29 heavy (non-hydrogen) atoms. The third kappa shape index (κ3) is 4.48. The maximum absolute atomic E-state index is 13.7. The zero-order valence-corrected chi connectivity index (χ0v) is 16.7. The van der Waals surface area contributed by atoms with E-state index in [1.54, 1.807) is 18.2 Å². The fourth-order valence-electron chi connectivity index (χ4n) is 4.05. The van der Waals surface area contributed by atoms with Crippen molar-refractivity contribution < 1.29 is 13.9 Å². The van der Waals surface area contributed by atoms with Crippen LogP contribution in [-0.2, 0) is 4.79 Å². The van der Waals surface area contributed by atoms with Crippen LogP contribution in [0.4, 0.5) is 4.39 Å². The minimum atomic E-state index is -0.302. The molecule has 0 aliphatic carbocycles. The zero-order chi connectivity index (χ0) is 20.2. The van der Waals surface area contributed by atoms with E-state index in [1.165, 1.54) is 18.6 Å². The van der Waals surface area contributed by atoms with Gasteiger partial charge >= 0.3 is 0 Å². The first-order valence-electron chi connectivity index (χ1n) is 10.2. The van der Waals surface area contributed by atoms with Gasteiger partial charge in [-0.1, -0.05) is 30.7 Å². The average molecular weight is 395 g/mol. The number of carbonyl (C=O) groups is 1. The highest BCUT2D eigenvalue weighted by molar-refractivity contribution is 6.03. The van der Waals surface area contributed by atoms with Crippen molar-refractivity contribution in [3.63, 3.8) is 0 Å². The van der Waals surface area contributed by atoms with Crippen LogP contribution in [0.15, 0.2) is 53.6 Å². The lowest BCUT2D eigenvalue weighted by Gasteiger charge is -2.29. The molecule has 2 heterocycles. The van der Waals surface area contributed by atoms with Gasteiger partial charge in [-0.2, -0.15) is 5.10 Å². The van der Waals surface area contributed by atoms with E-state index in [0.717, 1.165) is 48.5 Å². The lowest BCUT2D eigenvalue weighted by atomic mass is 9.98. The summed E-state index contributed by atoms with van der Waals surface area (Å²) < 4.78 is 19.0. The summed E-state index contributed by atoms with van der Waals surface area (Å²) in [7, 11) is 1.63. The van der Waals surface area contributed by atoms with Crippen molar-refractivity contribution in [1.29, 1.82) is 0 Å². The number of nitrogens with zero attached hydrogens (tertiary/aromatic N) is 3. The van der Waals surface area contributed by atoms with Gasteiger partial charge in [0.2, 0.25) is 0 Å². The Kier molecular flexibility index (Phi) is 5.90. The minimum Gasteiger partial charge on any atom is -0.497 e. The van der Waals surface area contributed by atoms with Crippen LogP contribution >= 0.6 is 0 Å². The number of halogens is 1. The Morgan fingerprint density at radius 1 is 1.14 bits per heavy atom. The standard InChI is InChI=1S/C23H26FN3O2/c1-29-20-10-8-17(9-11-20)22-15-21(18-6-5-7-19(24)14-18)25-27(22)23(28)16-26-12-3-2-4-13-26/h5-11,14,22H,2-4,12-13,15-16H2,1H3/t22-/m0/s1. The highest BCUT2D eigenvalue weighted by Gasteiger charge is 2.34. The van der Waals surface area contributed by atoms with Gasteiger partial charge in [-0.05, 0) is 55.8 Å². The van der Waals surface area contributed by atoms with Gasteiger partial charge in [-0.15, -0.1) is 0 Å². The van der Waals surface area contributed by atoms with E-state index in [1.807, 2.05) is 30.3 Å². The van der Waals surface area contributed by atoms with Gasteiger partial charge in [0.25, 0.3) is 5.91 Å². The van der Waals surface area contributed by atoms with Gasteiger partial charge in [0, 0.05) is 12.0 Å². The average Bonchev–Trinajstić information content (AvgIpc) is 3.20. The Hall–Kier alpha value is -2.73. The van der Waals surface area contributed by atoms with Gasteiger partial charge in [0.05, 0.1) is 25.4 Å². The maximum Gasteiger partial charge on any atom is 0.257 e. The SMILES string of the molecule is COc1ccc([C@@H]2CC(c3cccc(F)c3)=NN2C(=O)CN2CCCCC2)cc1. The number of likely N-dealkylation sites (tertiary alicyclic amines) is 1. The summed E-state index contributed by atoms with van der Waals surface area (Å²) in [6.07, 6.45) is 4.05. The van der Waals surface area contributed by atoms with Crippen LogP contribution < -0.4 is 4.74 Å². The predicted octanol–water partition coefficient (Wildman–Crippen LogP) is 4.00. The molecule has 0 spiro atoms. The van der Waals surface area contributed by atoms with Crippen LogP contribution in [0.3, 0.4) is 0 Å². The van der Waals surface area contributed by atoms with Crippen LogP contribution in [0, 0.1) is 5.82 Å². The third-order valence-electron chi connectivity index (χ3n) is 5.63. The van der Waals surface area contributed by atoms with E-state index >= 15 is 0 Å². The van der Waals surface area contributed by atoms with Crippen molar-refractivity contribution in [2.45, 2.75) is 31.7 Å². The first-order valence-corrected chi connectivity index (χ1v) is 10.2. The van der Waals surface area contributed by atoms with Crippen molar-refractivity contribution in [3.8, 4) is 5.75 Å². The number of hydrazone groups is 1. The van der Waals surface area contributed by atoms with Crippen LogP contribution in [0.25, 0.3) is 0 Å². The van der Waals surface area contributed by atoms with Crippen molar-refractivity contribution in [2.75, 3.05) is 26.7 Å². The van der Waals surface area contributed by atoms with E-state index in [0.29, 0.717) is 13.0 Å². The first-order chi connectivity index (χ1) is 14.1. The van der Waals surface area contributed by atoms with Crippen LogP contribution in [0.1, 0.15) is 42.9 Å². The Labute approximate surface area is 170 Å². The van der Waals surface area contributed by atoms with Gasteiger partial charge in [0.15, 0.2) is 0 Å². The molecule has 0 bridgehead atoms. The highest BCUT2D eigenvalue weighted by atomic mass is 19.1. The van der Waals surface area contributed by atoms with E-state index < -0.39 is 0 Å². The largest absolute Gasteiger partial charge is 0.497 e. The first kappa shape index (κ1) is 19.6.